The van der Waals surface area contributed by atoms with Gasteiger partial charge >= 0.3 is 6.03 Å². The Balaban J connectivity index is 2.13. The molecule has 2 aromatic rings. The van der Waals surface area contributed by atoms with Crippen molar-refractivity contribution < 1.29 is 9.53 Å². The van der Waals surface area contributed by atoms with Crippen LogP contribution < -0.4 is 21.1 Å². The van der Waals surface area contributed by atoms with Crippen LogP contribution in [0.15, 0.2) is 36.4 Å². The first-order chi connectivity index (χ1) is 9.99. The maximum atomic E-state index is 12.0. The van der Waals surface area contributed by atoms with E-state index in [0.29, 0.717) is 32.9 Å². The molecule has 7 heteroatoms. The van der Waals surface area contributed by atoms with Crippen LogP contribution in [-0.4, -0.2) is 13.1 Å². The summed E-state index contributed by atoms with van der Waals surface area (Å²) in [5, 5.41) is 6.08. The minimum Gasteiger partial charge on any atom is -0.497 e. The van der Waals surface area contributed by atoms with Crippen molar-refractivity contribution in [1.29, 1.82) is 0 Å². The largest absolute Gasteiger partial charge is 0.497 e. The third kappa shape index (κ3) is 3.93. The minimum absolute atomic E-state index is 0.383. The smallest absolute Gasteiger partial charge is 0.323 e. The van der Waals surface area contributed by atoms with E-state index in [0.717, 1.165) is 0 Å². The Morgan fingerprint density at radius 3 is 2.52 bits per heavy atom. The molecule has 0 aliphatic carbocycles. The quantitative estimate of drug-likeness (QED) is 0.739. The van der Waals surface area contributed by atoms with Gasteiger partial charge in [0.1, 0.15) is 5.75 Å². The van der Waals surface area contributed by atoms with Gasteiger partial charge in [-0.1, -0.05) is 23.2 Å². The van der Waals surface area contributed by atoms with Gasteiger partial charge in [-0.15, -0.1) is 0 Å². The van der Waals surface area contributed by atoms with Crippen LogP contribution in [0.2, 0.25) is 10.0 Å². The lowest BCUT2D eigenvalue weighted by atomic mass is 10.2. The molecular formula is C14H13Cl2N3O2. The number of hydrogen-bond donors (Lipinski definition) is 3. The lowest BCUT2D eigenvalue weighted by molar-refractivity contribution is 0.262. The number of halogens is 2. The minimum atomic E-state index is -0.487. The molecule has 0 aromatic heterocycles. The zero-order chi connectivity index (χ0) is 15.4. The molecule has 2 amide bonds. The molecule has 0 heterocycles. The van der Waals surface area contributed by atoms with Crippen molar-refractivity contribution >= 4 is 46.3 Å². The van der Waals surface area contributed by atoms with Crippen LogP contribution in [0.3, 0.4) is 0 Å². The van der Waals surface area contributed by atoms with Crippen molar-refractivity contribution in [2.75, 3.05) is 23.5 Å². The summed E-state index contributed by atoms with van der Waals surface area (Å²) in [6.45, 7) is 0. The van der Waals surface area contributed by atoms with Crippen molar-refractivity contribution in [3.05, 3.63) is 46.4 Å². The number of hydrogen-bond acceptors (Lipinski definition) is 3. The number of carbonyl (C=O) groups is 1. The molecule has 4 N–H and O–H groups in total. The number of urea groups is 1. The van der Waals surface area contributed by atoms with Crippen LogP contribution in [0.1, 0.15) is 0 Å². The fourth-order valence-electron chi connectivity index (χ4n) is 1.64. The Morgan fingerprint density at radius 2 is 1.81 bits per heavy atom. The summed E-state index contributed by atoms with van der Waals surface area (Å²) in [6.07, 6.45) is 0. The van der Waals surface area contributed by atoms with E-state index in [9.17, 15) is 4.79 Å². The number of nitrogen functional groups attached to an aromatic ring is 1. The van der Waals surface area contributed by atoms with Crippen molar-refractivity contribution in [2.24, 2.45) is 0 Å². The highest BCUT2D eigenvalue weighted by Gasteiger charge is 2.09. The normalized spacial score (nSPS) is 10.0. The van der Waals surface area contributed by atoms with Crippen molar-refractivity contribution in [2.45, 2.75) is 0 Å². The van der Waals surface area contributed by atoms with Gasteiger partial charge in [0.2, 0.25) is 0 Å². The molecule has 0 saturated carbocycles. The summed E-state index contributed by atoms with van der Waals surface area (Å²) < 4.78 is 5.08. The number of benzene rings is 2. The molecule has 0 fully saturated rings. The first-order valence-corrected chi connectivity index (χ1v) is 6.72. The van der Waals surface area contributed by atoms with E-state index in [1.54, 1.807) is 36.4 Å². The number of methoxy groups -OCH3 is 1. The number of nitrogens with one attached hydrogen (secondary N) is 2. The van der Waals surface area contributed by atoms with E-state index in [4.69, 9.17) is 33.7 Å². The van der Waals surface area contributed by atoms with Crippen LogP contribution >= 0.6 is 23.2 Å². The van der Waals surface area contributed by atoms with E-state index in [2.05, 4.69) is 10.6 Å². The van der Waals surface area contributed by atoms with Gasteiger partial charge < -0.3 is 21.1 Å². The SMILES string of the molecule is COc1ccc(N)c(NC(=O)Nc2cc(Cl)ccc2Cl)c1. The lowest BCUT2D eigenvalue weighted by Crippen LogP contribution is -2.20. The Bertz CT molecular complexity index is 677. The molecule has 0 saturated heterocycles. The zero-order valence-corrected chi connectivity index (χ0v) is 12.6. The standard InChI is InChI=1S/C14H13Cl2N3O2/c1-21-9-3-5-11(17)13(7-9)19-14(20)18-12-6-8(15)2-4-10(12)16/h2-7H,17H2,1H3,(H2,18,19,20). The fourth-order valence-corrected chi connectivity index (χ4v) is 1.98. The molecular weight excluding hydrogens is 313 g/mol. The highest BCUT2D eigenvalue weighted by atomic mass is 35.5. The highest BCUT2D eigenvalue weighted by Crippen LogP contribution is 2.27. The van der Waals surface area contributed by atoms with Crippen LogP contribution in [0.4, 0.5) is 21.9 Å². The van der Waals surface area contributed by atoms with Gasteiger partial charge in [0, 0.05) is 11.1 Å². The van der Waals surface area contributed by atoms with Gasteiger partial charge in [0.25, 0.3) is 0 Å². The molecule has 2 aromatic carbocycles. The van der Waals surface area contributed by atoms with Crippen LogP contribution in [-0.2, 0) is 0 Å². The average molecular weight is 326 g/mol. The summed E-state index contributed by atoms with van der Waals surface area (Å²) in [7, 11) is 1.53. The number of nitrogens with two attached hydrogens (primary N) is 1. The zero-order valence-electron chi connectivity index (χ0n) is 11.1. The Labute approximate surface area is 132 Å². The first-order valence-electron chi connectivity index (χ1n) is 5.96. The maximum Gasteiger partial charge on any atom is 0.323 e. The van der Waals surface area contributed by atoms with E-state index in [-0.39, 0.29) is 0 Å². The van der Waals surface area contributed by atoms with E-state index < -0.39 is 6.03 Å². The molecule has 0 aliphatic rings. The molecule has 0 unspecified atom stereocenters. The van der Waals surface area contributed by atoms with E-state index in [1.165, 1.54) is 7.11 Å². The summed E-state index contributed by atoms with van der Waals surface area (Å²) in [5.74, 6) is 0.584. The average Bonchev–Trinajstić information content (AvgIpc) is 2.45. The third-order valence-corrected chi connectivity index (χ3v) is 3.25. The molecule has 110 valence electrons. The number of carbonyl (C=O) groups excluding carboxylic acids is 1. The topological polar surface area (TPSA) is 76.4 Å². The van der Waals surface area contributed by atoms with Gasteiger partial charge in [-0.2, -0.15) is 0 Å². The number of amides is 2. The van der Waals surface area contributed by atoms with Crippen molar-refractivity contribution in [1.82, 2.24) is 0 Å². The second-order valence-electron chi connectivity index (χ2n) is 4.16. The second kappa shape index (κ2) is 6.56. The Kier molecular flexibility index (Phi) is 4.77. The fraction of sp³-hybridized carbons (Fsp3) is 0.0714. The van der Waals surface area contributed by atoms with Crippen molar-refractivity contribution in [3.63, 3.8) is 0 Å². The second-order valence-corrected chi connectivity index (χ2v) is 5.00. The summed E-state index contributed by atoms with van der Waals surface area (Å²) in [4.78, 5) is 12.0. The monoisotopic (exact) mass is 325 g/mol. The van der Waals surface area contributed by atoms with Crippen LogP contribution in [0.25, 0.3) is 0 Å². The maximum absolute atomic E-state index is 12.0. The third-order valence-electron chi connectivity index (χ3n) is 2.69. The number of rotatable bonds is 3. The molecule has 0 aliphatic heterocycles. The highest BCUT2D eigenvalue weighted by molar-refractivity contribution is 6.35. The van der Waals surface area contributed by atoms with Gasteiger partial charge in [0.15, 0.2) is 0 Å². The molecule has 5 nitrogen and oxygen atoms in total. The van der Waals surface area contributed by atoms with Crippen molar-refractivity contribution in [3.8, 4) is 5.75 Å². The Morgan fingerprint density at radius 1 is 1.10 bits per heavy atom. The molecule has 0 spiro atoms. The van der Waals surface area contributed by atoms with E-state index >= 15 is 0 Å². The molecule has 21 heavy (non-hydrogen) atoms. The summed E-state index contributed by atoms with van der Waals surface area (Å²) in [5.41, 5.74) is 7.06. The summed E-state index contributed by atoms with van der Waals surface area (Å²) >= 11 is 11.8. The summed E-state index contributed by atoms with van der Waals surface area (Å²) in [6, 6.07) is 9.26. The molecule has 0 radical (unpaired) electrons. The Hall–Kier alpha value is -2.11. The number of ether oxygens (including phenoxy) is 1. The van der Waals surface area contributed by atoms with Gasteiger partial charge in [-0.05, 0) is 30.3 Å². The van der Waals surface area contributed by atoms with Gasteiger partial charge in [-0.3, -0.25) is 0 Å². The molecule has 0 atom stereocenters. The number of anilines is 3. The first kappa shape index (κ1) is 15.3. The van der Waals surface area contributed by atoms with E-state index in [1.807, 2.05) is 0 Å². The molecule has 0 bridgehead atoms. The predicted octanol–water partition coefficient (Wildman–Crippen LogP) is 4.23. The predicted molar refractivity (Wildman–Crippen MR) is 86.5 cm³/mol. The van der Waals surface area contributed by atoms with Crippen LogP contribution in [0.5, 0.6) is 5.75 Å². The van der Waals surface area contributed by atoms with Gasteiger partial charge in [-0.25, -0.2) is 4.79 Å². The van der Waals surface area contributed by atoms with Crippen LogP contribution in [0, 0.1) is 0 Å². The lowest BCUT2D eigenvalue weighted by Gasteiger charge is -2.12. The molecule has 2 rings (SSSR count). The van der Waals surface area contributed by atoms with Gasteiger partial charge in [0.05, 0.1) is 29.2 Å².